The van der Waals surface area contributed by atoms with Gasteiger partial charge in [0.1, 0.15) is 0 Å². The molecule has 0 saturated heterocycles. The van der Waals surface area contributed by atoms with E-state index < -0.39 is 10.0 Å². The number of hydrogen-bond acceptors (Lipinski definition) is 5. The molecule has 2 heterocycles. The van der Waals surface area contributed by atoms with Crippen LogP contribution in [0.5, 0.6) is 0 Å². The number of benzene rings is 1. The van der Waals surface area contributed by atoms with Gasteiger partial charge in [-0.2, -0.15) is 5.26 Å². The van der Waals surface area contributed by atoms with Crippen molar-refractivity contribution in [3.05, 3.63) is 64.7 Å². The number of H-pyrrole nitrogens is 1. The first-order valence-electron chi connectivity index (χ1n) is 7.71. The highest BCUT2D eigenvalue weighted by Crippen LogP contribution is 2.17. The molecule has 0 unspecified atom stereocenters. The van der Waals surface area contributed by atoms with Gasteiger partial charge in [-0.3, -0.25) is 14.6 Å². The van der Waals surface area contributed by atoms with E-state index in [0.29, 0.717) is 28.2 Å². The molecule has 0 saturated carbocycles. The van der Waals surface area contributed by atoms with Crippen LogP contribution in [0, 0.1) is 11.3 Å². The van der Waals surface area contributed by atoms with Crippen LogP contribution in [0.4, 0.5) is 5.69 Å². The summed E-state index contributed by atoms with van der Waals surface area (Å²) in [5.74, 6) is 0.285. The quantitative estimate of drug-likeness (QED) is 0.711. The summed E-state index contributed by atoms with van der Waals surface area (Å²) in [7, 11) is -3.39. The lowest BCUT2D eigenvalue weighted by Crippen LogP contribution is -2.18. The Morgan fingerprint density at radius 3 is 2.54 bits per heavy atom. The highest BCUT2D eigenvalue weighted by molar-refractivity contribution is 7.92. The molecule has 0 aliphatic rings. The number of nitriles is 1. The smallest absolute Gasteiger partial charge is 0.280 e. The van der Waals surface area contributed by atoms with Gasteiger partial charge in [0, 0.05) is 6.20 Å². The van der Waals surface area contributed by atoms with Gasteiger partial charge in [-0.25, -0.2) is 18.1 Å². The minimum Gasteiger partial charge on any atom is -0.296 e. The van der Waals surface area contributed by atoms with Gasteiger partial charge in [0.05, 0.1) is 34.8 Å². The van der Waals surface area contributed by atoms with E-state index >= 15 is 0 Å². The number of nitrogens with zero attached hydrogens (tertiary/aromatic N) is 3. The minimum absolute atomic E-state index is 0.0429. The van der Waals surface area contributed by atoms with E-state index in [0.717, 1.165) is 0 Å². The van der Waals surface area contributed by atoms with Crippen molar-refractivity contribution in [2.75, 3.05) is 10.5 Å². The predicted molar refractivity (Wildman–Crippen MR) is 97.4 cm³/mol. The number of nitrogens with one attached hydrogen (secondary N) is 2. The first-order chi connectivity index (χ1) is 12.4. The third kappa shape index (κ3) is 3.50. The monoisotopic (exact) mass is 369 g/mol. The minimum atomic E-state index is -3.39. The molecule has 0 aliphatic carbocycles. The summed E-state index contributed by atoms with van der Waals surface area (Å²) in [6, 6.07) is 11.8. The van der Waals surface area contributed by atoms with Crippen LogP contribution in [0.15, 0.2) is 53.6 Å². The first kappa shape index (κ1) is 17.4. The second-order valence-electron chi connectivity index (χ2n) is 5.43. The van der Waals surface area contributed by atoms with E-state index in [1.165, 1.54) is 29.9 Å². The lowest BCUT2D eigenvalue weighted by atomic mass is 10.1. The van der Waals surface area contributed by atoms with Crippen molar-refractivity contribution in [3.8, 4) is 23.0 Å². The zero-order valence-electron chi connectivity index (χ0n) is 13.8. The molecule has 0 fully saturated rings. The largest absolute Gasteiger partial charge is 0.296 e. The van der Waals surface area contributed by atoms with Crippen LogP contribution in [0.3, 0.4) is 0 Å². The summed E-state index contributed by atoms with van der Waals surface area (Å²) in [6.45, 7) is 1.54. The van der Waals surface area contributed by atoms with Gasteiger partial charge in [0.15, 0.2) is 5.82 Å². The van der Waals surface area contributed by atoms with Crippen molar-refractivity contribution in [2.24, 2.45) is 0 Å². The predicted octanol–water partition coefficient (Wildman–Crippen LogP) is 1.86. The molecule has 0 amide bonds. The Labute approximate surface area is 149 Å². The Morgan fingerprint density at radius 2 is 1.96 bits per heavy atom. The number of hydrogen-bond donors (Lipinski definition) is 2. The van der Waals surface area contributed by atoms with Crippen LogP contribution in [-0.2, 0) is 10.0 Å². The van der Waals surface area contributed by atoms with E-state index in [4.69, 9.17) is 5.26 Å². The Bertz CT molecular complexity index is 1120. The summed E-state index contributed by atoms with van der Waals surface area (Å²) in [5.41, 5.74) is 1.64. The molecular formula is C17H15N5O3S. The van der Waals surface area contributed by atoms with Crippen LogP contribution in [0.1, 0.15) is 12.5 Å². The summed E-state index contributed by atoms with van der Waals surface area (Å²) in [4.78, 5) is 16.7. The summed E-state index contributed by atoms with van der Waals surface area (Å²) < 4.78 is 26.8. The first-order valence-corrected chi connectivity index (χ1v) is 9.36. The fraction of sp³-hybridized carbons (Fsp3) is 0.118. The highest BCUT2D eigenvalue weighted by atomic mass is 32.2. The molecular weight excluding hydrogens is 354 g/mol. The third-order valence-corrected chi connectivity index (χ3v) is 5.03. The van der Waals surface area contributed by atoms with Gasteiger partial charge in [0.2, 0.25) is 10.0 Å². The molecule has 132 valence electrons. The number of sulfonamides is 1. The normalized spacial score (nSPS) is 11.1. The zero-order valence-corrected chi connectivity index (χ0v) is 14.6. The number of aromatic nitrogens is 3. The highest BCUT2D eigenvalue weighted by Gasteiger charge is 2.12. The molecule has 3 rings (SSSR count). The zero-order chi connectivity index (χ0) is 18.7. The average molecular weight is 369 g/mol. The molecule has 9 heteroatoms. The van der Waals surface area contributed by atoms with Crippen molar-refractivity contribution < 1.29 is 8.42 Å². The van der Waals surface area contributed by atoms with E-state index in [1.54, 1.807) is 30.5 Å². The average Bonchev–Trinajstić information content (AvgIpc) is 3.03. The van der Waals surface area contributed by atoms with Crippen molar-refractivity contribution in [2.45, 2.75) is 6.92 Å². The van der Waals surface area contributed by atoms with E-state index in [1.807, 2.05) is 6.07 Å². The standard InChI is InChI=1S/C17H15N5O3S/c1-2-26(24,25)21-14-7-8-16(19-10-14)22-17(23)15(11-20-22)13-5-3-12(9-18)4-6-13/h3-8,10-11,20-21H,2H2,1H3. The van der Waals surface area contributed by atoms with Crippen molar-refractivity contribution in [1.29, 1.82) is 5.26 Å². The van der Waals surface area contributed by atoms with Crippen LogP contribution in [0.2, 0.25) is 0 Å². The van der Waals surface area contributed by atoms with Gasteiger partial charge in [-0.1, -0.05) is 12.1 Å². The van der Waals surface area contributed by atoms with E-state index in [2.05, 4.69) is 14.8 Å². The van der Waals surface area contributed by atoms with Gasteiger partial charge in [-0.15, -0.1) is 0 Å². The SMILES string of the molecule is CCS(=O)(=O)Nc1ccc(-n2[nH]cc(-c3ccc(C#N)cc3)c2=O)nc1. The number of aromatic amines is 1. The molecule has 8 nitrogen and oxygen atoms in total. The summed E-state index contributed by atoms with van der Waals surface area (Å²) in [5, 5.41) is 11.7. The maximum atomic E-state index is 12.6. The summed E-state index contributed by atoms with van der Waals surface area (Å²) >= 11 is 0. The topological polar surface area (TPSA) is 121 Å². The Kier molecular flexibility index (Phi) is 4.60. The molecule has 0 spiro atoms. The van der Waals surface area contributed by atoms with Gasteiger partial charge in [-0.05, 0) is 36.8 Å². The lowest BCUT2D eigenvalue weighted by molar-refractivity contribution is 0.602. The molecule has 2 aromatic heterocycles. The van der Waals surface area contributed by atoms with E-state index in [-0.39, 0.29) is 11.3 Å². The Hall–Kier alpha value is -3.38. The third-order valence-electron chi connectivity index (χ3n) is 3.73. The second kappa shape index (κ2) is 6.85. The second-order valence-corrected chi connectivity index (χ2v) is 7.44. The van der Waals surface area contributed by atoms with Crippen molar-refractivity contribution in [3.63, 3.8) is 0 Å². The number of rotatable bonds is 5. The fourth-order valence-corrected chi connectivity index (χ4v) is 2.93. The Morgan fingerprint density at radius 1 is 1.23 bits per heavy atom. The van der Waals surface area contributed by atoms with Crippen LogP contribution < -0.4 is 10.3 Å². The van der Waals surface area contributed by atoms with Gasteiger partial charge < -0.3 is 0 Å². The fourth-order valence-electron chi connectivity index (χ4n) is 2.30. The molecule has 1 aromatic carbocycles. The lowest BCUT2D eigenvalue weighted by Gasteiger charge is -2.06. The number of anilines is 1. The maximum absolute atomic E-state index is 12.6. The molecule has 2 N–H and O–H groups in total. The molecule has 0 aliphatic heterocycles. The molecule has 0 bridgehead atoms. The number of pyridine rings is 1. The maximum Gasteiger partial charge on any atom is 0.280 e. The van der Waals surface area contributed by atoms with E-state index in [9.17, 15) is 13.2 Å². The van der Waals surface area contributed by atoms with Crippen molar-refractivity contribution in [1.82, 2.24) is 14.8 Å². The molecule has 3 aromatic rings. The van der Waals surface area contributed by atoms with Gasteiger partial charge >= 0.3 is 0 Å². The molecule has 0 atom stereocenters. The molecule has 26 heavy (non-hydrogen) atoms. The Balaban J connectivity index is 1.90. The summed E-state index contributed by atoms with van der Waals surface area (Å²) in [6.07, 6.45) is 2.90. The van der Waals surface area contributed by atoms with Crippen LogP contribution >= 0.6 is 0 Å². The molecule has 0 radical (unpaired) electrons. The van der Waals surface area contributed by atoms with Gasteiger partial charge in [0.25, 0.3) is 5.56 Å². The van der Waals surface area contributed by atoms with Crippen LogP contribution in [-0.4, -0.2) is 28.9 Å². The van der Waals surface area contributed by atoms with Crippen molar-refractivity contribution >= 4 is 15.7 Å². The van der Waals surface area contributed by atoms with Crippen LogP contribution in [0.25, 0.3) is 16.9 Å².